The molecule has 0 amide bonds. The number of unbranched alkanes of at least 4 members (excludes halogenated alkanes) is 5. The van der Waals surface area contributed by atoms with Crippen LogP contribution in [0.25, 0.3) is 11.1 Å². The number of hydrogen-bond donors (Lipinski definition) is 0. The first kappa shape index (κ1) is 28.7. The molecule has 0 aliphatic heterocycles. The molecule has 200 valence electrons. The highest BCUT2D eigenvalue weighted by Gasteiger charge is 2.33. The molecule has 1 atom stereocenters. The van der Waals surface area contributed by atoms with E-state index in [1.807, 2.05) is 19.1 Å². The Bertz CT molecular complexity index is 889. The van der Waals surface area contributed by atoms with E-state index in [9.17, 15) is 8.78 Å². The Morgan fingerprint density at radius 1 is 0.833 bits per heavy atom. The summed E-state index contributed by atoms with van der Waals surface area (Å²) >= 11 is 0. The molecule has 3 heteroatoms. The third-order valence-corrected chi connectivity index (χ3v) is 8.60. The first-order valence-corrected chi connectivity index (χ1v) is 14.7. The molecule has 0 heterocycles. The average Bonchev–Trinajstić information content (AvgIpc) is 2.89. The van der Waals surface area contributed by atoms with Crippen molar-refractivity contribution in [2.24, 2.45) is 5.41 Å². The minimum Gasteiger partial charge on any atom is -0.485 e. The Hall–Kier alpha value is -1.90. The maximum atomic E-state index is 14.8. The number of hydrogen-bond acceptors (Lipinski definition) is 1. The largest absolute Gasteiger partial charge is 0.485 e. The van der Waals surface area contributed by atoms with E-state index in [1.54, 1.807) is 0 Å². The summed E-state index contributed by atoms with van der Waals surface area (Å²) in [5.74, 6) is -0.909. The van der Waals surface area contributed by atoms with Gasteiger partial charge in [0.25, 0.3) is 0 Å². The van der Waals surface area contributed by atoms with Gasteiger partial charge in [0.15, 0.2) is 17.4 Å². The van der Waals surface area contributed by atoms with Gasteiger partial charge in [-0.05, 0) is 92.0 Å². The van der Waals surface area contributed by atoms with Crippen LogP contribution in [0.4, 0.5) is 8.78 Å². The fourth-order valence-corrected chi connectivity index (χ4v) is 6.00. The molecule has 1 unspecified atom stereocenters. The monoisotopic (exact) mass is 498 g/mol. The maximum absolute atomic E-state index is 14.8. The molecule has 0 spiro atoms. The zero-order valence-electron chi connectivity index (χ0n) is 23.2. The smallest absolute Gasteiger partial charge is 0.191 e. The highest BCUT2D eigenvalue weighted by molar-refractivity contribution is 5.65. The number of rotatable bonds is 14. The van der Waals surface area contributed by atoms with Crippen molar-refractivity contribution in [2.75, 3.05) is 0 Å². The van der Waals surface area contributed by atoms with Crippen LogP contribution in [-0.4, -0.2) is 6.10 Å². The highest BCUT2D eigenvalue weighted by atomic mass is 19.1. The Kier molecular flexibility index (Phi) is 11.3. The summed E-state index contributed by atoms with van der Waals surface area (Å²) in [5, 5.41) is 0. The Morgan fingerprint density at radius 3 is 2.03 bits per heavy atom. The van der Waals surface area contributed by atoms with Crippen LogP contribution in [0.1, 0.15) is 129 Å². The molecule has 1 fully saturated rings. The second kappa shape index (κ2) is 14.1. The fraction of sp³-hybridized carbons (Fsp3) is 0.636. The molecular weight excluding hydrogens is 450 g/mol. The van der Waals surface area contributed by atoms with Gasteiger partial charge in [0, 0.05) is 0 Å². The molecule has 2 aromatic carbocycles. The highest BCUT2D eigenvalue weighted by Crippen LogP contribution is 2.48. The van der Waals surface area contributed by atoms with Crippen molar-refractivity contribution in [3.63, 3.8) is 0 Å². The van der Waals surface area contributed by atoms with Crippen LogP contribution in [0.3, 0.4) is 0 Å². The predicted octanol–water partition coefficient (Wildman–Crippen LogP) is 11.0. The lowest BCUT2D eigenvalue weighted by molar-refractivity contribution is 0.147. The SMILES string of the molecule is CCCCCCC(C)Oc1c(F)cc(-c2ccc(C3CCC(CC)(CCCCC)CC3)cc2)cc1F. The van der Waals surface area contributed by atoms with Crippen molar-refractivity contribution in [3.05, 3.63) is 53.6 Å². The van der Waals surface area contributed by atoms with Crippen molar-refractivity contribution in [2.45, 2.75) is 130 Å². The lowest BCUT2D eigenvalue weighted by Gasteiger charge is -2.40. The van der Waals surface area contributed by atoms with E-state index in [1.165, 1.54) is 88.3 Å². The first-order valence-electron chi connectivity index (χ1n) is 14.7. The normalized spacial score (nSPS) is 20.9. The summed E-state index contributed by atoms with van der Waals surface area (Å²) in [6, 6.07) is 11.2. The first-order chi connectivity index (χ1) is 17.4. The van der Waals surface area contributed by atoms with E-state index in [0.717, 1.165) is 24.8 Å². The van der Waals surface area contributed by atoms with Gasteiger partial charge >= 0.3 is 0 Å². The molecular formula is C33H48F2O. The van der Waals surface area contributed by atoms with E-state index in [2.05, 4.69) is 32.9 Å². The zero-order valence-corrected chi connectivity index (χ0v) is 23.2. The van der Waals surface area contributed by atoms with Crippen LogP contribution in [0.2, 0.25) is 0 Å². The van der Waals surface area contributed by atoms with Crippen LogP contribution in [-0.2, 0) is 0 Å². The van der Waals surface area contributed by atoms with Gasteiger partial charge in [-0.15, -0.1) is 0 Å². The molecule has 2 aromatic rings. The number of benzene rings is 2. The second-order valence-electron chi connectivity index (χ2n) is 11.3. The predicted molar refractivity (Wildman–Crippen MR) is 149 cm³/mol. The zero-order chi connectivity index (χ0) is 26.0. The fourth-order valence-electron chi connectivity index (χ4n) is 6.00. The third kappa shape index (κ3) is 7.80. The third-order valence-electron chi connectivity index (χ3n) is 8.60. The summed E-state index contributed by atoms with van der Waals surface area (Å²) in [4.78, 5) is 0. The second-order valence-corrected chi connectivity index (χ2v) is 11.3. The van der Waals surface area contributed by atoms with Gasteiger partial charge in [0.05, 0.1) is 6.10 Å². The van der Waals surface area contributed by atoms with Crippen LogP contribution in [0.15, 0.2) is 36.4 Å². The molecule has 3 rings (SSSR count). The maximum Gasteiger partial charge on any atom is 0.191 e. The van der Waals surface area contributed by atoms with Crippen LogP contribution >= 0.6 is 0 Å². The molecule has 1 aliphatic carbocycles. The molecule has 0 N–H and O–H groups in total. The van der Waals surface area contributed by atoms with Crippen molar-refractivity contribution >= 4 is 0 Å². The minimum atomic E-state index is -0.624. The number of halogens is 2. The van der Waals surface area contributed by atoms with E-state index in [0.29, 0.717) is 16.9 Å². The van der Waals surface area contributed by atoms with E-state index >= 15 is 0 Å². The molecule has 0 aromatic heterocycles. The van der Waals surface area contributed by atoms with Crippen molar-refractivity contribution in [1.29, 1.82) is 0 Å². The van der Waals surface area contributed by atoms with Crippen molar-refractivity contribution < 1.29 is 13.5 Å². The van der Waals surface area contributed by atoms with Gasteiger partial charge in [0.1, 0.15) is 0 Å². The summed E-state index contributed by atoms with van der Waals surface area (Å²) in [6.45, 7) is 8.70. The number of ether oxygens (including phenoxy) is 1. The lowest BCUT2D eigenvalue weighted by Crippen LogP contribution is -2.26. The summed E-state index contributed by atoms with van der Waals surface area (Å²) in [5.41, 5.74) is 3.30. The molecule has 1 aliphatic rings. The molecule has 1 saturated carbocycles. The molecule has 36 heavy (non-hydrogen) atoms. The standard InChI is InChI=1S/C33H48F2O/c1-5-8-10-11-13-25(4)36-32-30(34)23-29(24-31(32)35)27-16-14-26(15-17-27)28-18-21-33(7-3,22-19-28)20-12-9-6-2/h14-17,23-25,28H,5-13,18-22H2,1-4H3. The molecule has 0 radical (unpaired) electrons. The average molecular weight is 499 g/mol. The minimum absolute atomic E-state index is 0.204. The van der Waals surface area contributed by atoms with E-state index in [4.69, 9.17) is 4.74 Å². The topological polar surface area (TPSA) is 9.23 Å². The summed E-state index contributed by atoms with van der Waals surface area (Å²) < 4.78 is 35.3. The Morgan fingerprint density at radius 2 is 1.44 bits per heavy atom. The van der Waals surface area contributed by atoms with Gasteiger partial charge in [0.2, 0.25) is 0 Å². The van der Waals surface area contributed by atoms with Gasteiger partial charge in [-0.2, -0.15) is 0 Å². The van der Waals surface area contributed by atoms with Crippen LogP contribution in [0, 0.1) is 17.0 Å². The van der Waals surface area contributed by atoms with Crippen molar-refractivity contribution in [3.8, 4) is 16.9 Å². The van der Waals surface area contributed by atoms with Crippen LogP contribution < -0.4 is 4.74 Å². The quantitative estimate of drug-likeness (QED) is 0.235. The van der Waals surface area contributed by atoms with Crippen molar-refractivity contribution in [1.82, 2.24) is 0 Å². The molecule has 0 bridgehead atoms. The van der Waals surface area contributed by atoms with Gasteiger partial charge < -0.3 is 4.74 Å². The Balaban J connectivity index is 1.60. The van der Waals surface area contributed by atoms with E-state index in [-0.39, 0.29) is 11.9 Å². The van der Waals surface area contributed by atoms with Gasteiger partial charge in [-0.3, -0.25) is 0 Å². The Labute approximate surface area is 219 Å². The van der Waals surface area contributed by atoms with Gasteiger partial charge in [-0.1, -0.05) is 90.0 Å². The summed E-state index contributed by atoms with van der Waals surface area (Å²) in [6.07, 6.45) is 16.9. The summed E-state index contributed by atoms with van der Waals surface area (Å²) in [7, 11) is 0. The van der Waals surface area contributed by atoms with E-state index < -0.39 is 11.6 Å². The van der Waals surface area contributed by atoms with Crippen LogP contribution in [0.5, 0.6) is 5.75 Å². The van der Waals surface area contributed by atoms with Gasteiger partial charge in [-0.25, -0.2) is 8.78 Å². The molecule has 0 saturated heterocycles. The molecule has 1 nitrogen and oxygen atoms in total. The lowest BCUT2D eigenvalue weighted by atomic mass is 9.65.